The van der Waals surface area contributed by atoms with Gasteiger partial charge in [-0.05, 0) is 19.1 Å². The fourth-order valence-corrected chi connectivity index (χ4v) is 0.939. The van der Waals surface area contributed by atoms with Crippen molar-refractivity contribution >= 4 is 5.97 Å². The molecule has 1 unspecified atom stereocenters. The van der Waals surface area contributed by atoms with Gasteiger partial charge in [-0.2, -0.15) is 0 Å². The molecule has 0 radical (unpaired) electrons. The first-order valence-electron chi connectivity index (χ1n) is 4.07. The molecule has 1 atom stereocenters. The lowest BCUT2D eigenvalue weighted by Crippen LogP contribution is -2.37. The summed E-state index contributed by atoms with van der Waals surface area (Å²) in [6, 6.07) is 2.91. The molecule has 1 aromatic heterocycles. The second-order valence-corrected chi connectivity index (χ2v) is 3.31. The quantitative estimate of drug-likeness (QED) is 0.629. The molecule has 0 bridgehead atoms. The van der Waals surface area contributed by atoms with E-state index in [2.05, 4.69) is 4.98 Å². The molecule has 0 aliphatic carbocycles. The van der Waals surface area contributed by atoms with Gasteiger partial charge in [-0.1, -0.05) is 0 Å². The number of carbonyl (C=O) groups is 1. The predicted octanol–water partition coefficient (Wildman–Crippen LogP) is -0.0540. The number of carboxylic acids is 1. The van der Waals surface area contributed by atoms with Crippen LogP contribution in [0.4, 0.5) is 0 Å². The molecule has 0 saturated heterocycles. The van der Waals surface area contributed by atoms with Crippen LogP contribution in [0.25, 0.3) is 0 Å². The van der Waals surface area contributed by atoms with Crippen molar-refractivity contribution in [2.45, 2.75) is 12.5 Å². The Hall–Kier alpha value is -1.46. The summed E-state index contributed by atoms with van der Waals surface area (Å²) in [4.78, 5) is 14.4. The Bertz CT molecular complexity index is 332. The maximum atomic E-state index is 10.5. The van der Waals surface area contributed by atoms with Crippen LogP contribution in [0.1, 0.15) is 23.0 Å². The van der Waals surface area contributed by atoms with Gasteiger partial charge in [0.15, 0.2) is 0 Å². The maximum Gasteiger partial charge on any atom is 0.337 e. The van der Waals surface area contributed by atoms with E-state index in [4.69, 9.17) is 15.9 Å². The number of rotatable bonds is 3. The Morgan fingerprint density at radius 3 is 2.64 bits per heavy atom. The molecular formula is C9H12N2O3. The van der Waals surface area contributed by atoms with E-state index in [1.54, 1.807) is 6.92 Å². The van der Waals surface area contributed by atoms with E-state index in [1.807, 2.05) is 0 Å². The average molecular weight is 196 g/mol. The minimum absolute atomic E-state index is 0.0995. The van der Waals surface area contributed by atoms with Crippen LogP contribution in [0.3, 0.4) is 0 Å². The zero-order chi connectivity index (χ0) is 10.8. The molecule has 0 aliphatic heterocycles. The van der Waals surface area contributed by atoms with Gasteiger partial charge in [0.05, 0.1) is 23.4 Å². The average Bonchev–Trinajstić information content (AvgIpc) is 2.18. The highest BCUT2D eigenvalue weighted by atomic mass is 16.4. The fourth-order valence-electron chi connectivity index (χ4n) is 0.939. The number of carboxylic acid groups (broad SMARTS) is 1. The van der Waals surface area contributed by atoms with Crippen LogP contribution in [0.15, 0.2) is 18.3 Å². The first-order chi connectivity index (χ1) is 6.47. The van der Waals surface area contributed by atoms with Gasteiger partial charge in [-0.3, -0.25) is 4.98 Å². The van der Waals surface area contributed by atoms with Crippen molar-refractivity contribution in [3.8, 4) is 0 Å². The molecule has 0 saturated carbocycles. The Kier molecular flexibility index (Phi) is 2.83. The monoisotopic (exact) mass is 196 g/mol. The third kappa shape index (κ3) is 2.07. The summed E-state index contributed by atoms with van der Waals surface area (Å²) in [7, 11) is 0. The van der Waals surface area contributed by atoms with E-state index in [0.29, 0.717) is 5.69 Å². The second-order valence-electron chi connectivity index (χ2n) is 3.31. The van der Waals surface area contributed by atoms with Crippen molar-refractivity contribution in [1.29, 1.82) is 0 Å². The summed E-state index contributed by atoms with van der Waals surface area (Å²) in [5, 5.41) is 17.6. The molecular weight excluding hydrogens is 184 g/mol. The minimum Gasteiger partial charge on any atom is -0.478 e. The zero-order valence-corrected chi connectivity index (χ0v) is 7.77. The van der Waals surface area contributed by atoms with Gasteiger partial charge >= 0.3 is 5.97 Å². The van der Waals surface area contributed by atoms with Crippen LogP contribution in [0, 0.1) is 0 Å². The highest BCUT2D eigenvalue weighted by Crippen LogP contribution is 2.14. The summed E-state index contributed by atoms with van der Waals surface area (Å²) in [5.41, 5.74) is 5.33. The molecule has 5 nitrogen and oxygen atoms in total. The van der Waals surface area contributed by atoms with Crippen molar-refractivity contribution < 1.29 is 15.0 Å². The largest absolute Gasteiger partial charge is 0.478 e. The standard InChI is InChI=1S/C9H12N2O3/c1-9(10,5-12)7-3-2-6(4-11-7)8(13)14/h2-4,12H,5,10H2,1H3,(H,13,14). The SMILES string of the molecule is CC(N)(CO)c1ccc(C(=O)O)cn1. The van der Waals surface area contributed by atoms with Crippen molar-refractivity contribution in [2.24, 2.45) is 5.73 Å². The van der Waals surface area contributed by atoms with Crippen LogP contribution in [0.2, 0.25) is 0 Å². The van der Waals surface area contributed by atoms with Crippen molar-refractivity contribution in [3.05, 3.63) is 29.6 Å². The van der Waals surface area contributed by atoms with Crippen LogP contribution in [-0.4, -0.2) is 27.8 Å². The van der Waals surface area contributed by atoms with E-state index in [0.717, 1.165) is 0 Å². The first-order valence-corrected chi connectivity index (χ1v) is 4.07. The number of pyridine rings is 1. The number of nitrogens with two attached hydrogens (primary N) is 1. The maximum absolute atomic E-state index is 10.5. The molecule has 0 amide bonds. The highest BCUT2D eigenvalue weighted by molar-refractivity contribution is 5.87. The summed E-state index contributed by atoms with van der Waals surface area (Å²) in [6.07, 6.45) is 1.22. The fraction of sp³-hybridized carbons (Fsp3) is 0.333. The van der Waals surface area contributed by atoms with Crippen molar-refractivity contribution in [2.75, 3.05) is 6.61 Å². The Morgan fingerprint density at radius 1 is 1.64 bits per heavy atom. The topological polar surface area (TPSA) is 96.4 Å². The van der Waals surface area contributed by atoms with Crippen LogP contribution in [0.5, 0.6) is 0 Å². The number of hydrogen-bond donors (Lipinski definition) is 3. The summed E-state index contributed by atoms with van der Waals surface area (Å²) < 4.78 is 0. The lowest BCUT2D eigenvalue weighted by Gasteiger charge is -2.20. The molecule has 0 aromatic carbocycles. The van der Waals surface area contributed by atoms with E-state index >= 15 is 0 Å². The number of hydrogen-bond acceptors (Lipinski definition) is 4. The molecule has 1 rings (SSSR count). The molecule has 1 heterocycles. The smallest absolute Gasteiger partial charge is 0.337 e. The number of aliphatic hydroxyl groups is 1. The molecule has 5 heteroatoms. The van der Waals surface area contributed by atoms with Crippen molar-refractivity contribution in [1.82, 2.24) is 4.98 Å². The lowest BCUT2D eigenvalue weighted by atomic mass is 9.99. The van der Waals surface area contributed by atoms with Crippen LogP contribution < -0.4 is 5.73 Å². The third-order valence-electron chi connectivity index (χ3n) is 1.92. The van der Waals surface area contributed by atoms with Gasteiger partial charge in [-0.15, -0.1) is 0 Å². The summed E-state index contributed by atoms with van der Waals surface area (Å²) >= 11 is 0. The number of aliphatic hydroxyl groups excluding tert-OH is 1. The van der Waals surface area contributed by atoms with Gasteiger partial charge in [0, 0.05) is 6.20 Å². The van der Waals surface area contributed by atoms with E-state index < -0.39 is 11.5 Å². The van der Waals surface area contributed by atoms with Gasteiger partial charge in [0.2, 0.25) is 0 Å². The normalized spacial score (nSPS) is 14.8. The number of aromatic nitrogens is 1. The van der Waals surface area contributed by atoms with Gasteiger partial charge in [0.25, 0.3) is 0 Å². The van der Waals surface area contributed by atoms with Crippen LogP contribution >= 0.6 is 0 Å². The number of aromatic carboxylic acids is 1. The van der Waals surface area contributed by atoms with Gasteiger partial charge in [0.1, 0.15) is 0 Å². The minimum atomic E-state index is -1.04. The second kappa shape index (κ2) is 3.73. The Balaban J connectivity index is 2.99. The van der Waals surface area contributed by atoms with Crippen LogP contribution in [-0.2, 0) is 5.54 Å². The summed E-state index contributed by atoms with van der Waals surface area (Å²) in [5.74, 6) is -1.04. The first kappa shape index (κ1) is 10.6. The van der Waals surface area contributed by atoms with E-state index in [9.17, 15) is 4.79 Å². The molecule has 76 valence electrons. The van der Waals surface area contributed by atoms with Crippen molar-refractivity contribution in [3.63, 3.8) is 0 Å². The lowest BCUT2D eigenvalue weighted by molar-refractivity contribution is 0.0696. The van der Waals surface area contributed by atoms with E-state index in [-0.39, 0.29) is 12.2 Å². The Labute approximate surface area is 81.2 Å². The molecule has 0 spiro atoms. The highest BCUT2D eigenvalue weighted by Gasteiger charge is 2.21. The third-order valence-corrected chi connectivity index (χ3v) is 1.92. The summed E-state index contributed by atoms with van der Waals surface area (Å²) in [6.45, 7) is 1.38. The van der Waals surface area contributed by atoms with Gasteiger partial charge < -0.3 is 15.9 Å². The molecule has 4 N–H and O–H groups in total. The predicted molar refractivity (Wildman–Crippen MR) is 49.8 cm³/mol. The zero-order valence-electron chi connectivity index (χ0n) is 7.77. The van der Waals surface area contributed by atoms with Gasteiger partial charge in [-0.25, -0.2) is 4.79 Å². The van der Waals surface area contributed by atoms with E-state index in [1.165, 1.54) is 18.3 Å². The Morgan fingerprint density at radius 2 is 2.29 bits per heavy atom. The molecule has 0 aliphatic rings. The number of nitrogens with zero attached hydrogens (tertiary/aromatic N) is 1. The molecule has 0 fully saturated rings. The molecule has 14 heavy (non-hydrogen) atoms. The molecule has 1 aromatic rings.